The van der Waals surface area contributed by atoms with Crippen molar-refractivity contribution in [2.75, 3.05) is 45.9 Å². The molecule has 1 saturated heterocycles. The van der Waals surface area contributed by atoms with Gasteiger partial charge < -0.3 is 10.1 Å². The van der Waals surface area contributed by atoms with Crippen molar-refractivity contribution in [3.8, 4) is 5.75 Å². The second-order valence-electron chi connectivity index (χ2n) is 6.06. The van der Waals surface area contributed by atoms with Gasteiger partial charge in [-0.1, -0.05) is 18.2 Å². The standard InChI is InChI=1S/C18H28N4O3/c1-3-19-18(24)20-17(23)15(2)22-11-9-21(10-12-22)13-14-25-16-7-5-4-6-8-16/h4-8,15H,3,9-14H2,1-2H3,(H2,19,20,23,24). The Morgan fingerprint density at radius 3 is 2.48 bits per heavy atom. The Hall–Kier alpha value is -2.12. The number of rotatable bonds is 7. The molecule has 0 aliphatic carbocycles. The summed E-state index contributed by atoms with van der Waals surface area (Å²) < 4.78 is 5.72. The molecule has 138 valence electrons. The molecule has 1 aromatic rings. The molecule has 1 aliphatic heterocycles. The largest absolute Gasteiger partial charge is 0.492 e. The summed E-state index contributed by atoms with van der Waals surface area (Å²) in [5, 5.41) is 4.94. The van der Waals surface area contributed by atoms with E-state index in [0.29, 0.717) is 13.2 Å². The van der Waals surface area contributed by atoms with Crippen molar-refractivity contribution in [3.63, 3.8) is 0 Å². The van der Waals surface area contributed by atoms with Crippen molar-refractivity contribution in [3.05, 3.63) is 30.3 Å². The predicted molar refractivity (Wildman–Crippen MR) is 96.6 cm³/mol. The molecule has 7 heteroatoms. The first-order chi connectivity index (χ1) is 12.1. The number of urea groups is 1. The number of hydrogen-bond acceptors (Lipinski definition) is 5. The maximum absolute atomic E-state index is 12.1. The van der Waals surface area contributed by atoms with Gasteiger partial charge in [0, 0.05) is 39.3 Å². The van der Waals surface area contributed by atoms with Crippen LogP contribution in [0, 0.1) is 0 Å². The average Bonchev–Trinajstić information content (AvgIpc) is 2.63. The highest BCUT2D eigenvalue weighted by atomic mass is 16.5. The molecule has 3 amide bonds. The summed E-state index contributed by atoms with van der Waals surface area (Å²) in [5.74, 6) is 0.628. The third-order valence-electron chi connectivity index (χ3n) is 4.33. The van der Waals surface area contributed by atoms with E-state index in [1.54, 1.807) is 0 Å². The van der Waals surface area contributed by atoms with Gasteiger partial charge in [-0.2, -0.15) is 0 Å². The van der Waals surface area contributed by atoms with Crippen LogP contribution in [0.1, 0.15) is 13.8 Å². The molecule has 1 aliphatic rings. The molecule has 0 spiro atoms. The van der Waals surface area contributed by atoms with Crippen LogP contribution in [0.15, 0.2) is 30.3 Å². The number of ether oxygens (including phenoxy) is 1. The molecular weight excluding hydrogens is 320 g/mol. The molecule has 1 unspecified atom stereocenters. The third kappa shape index (κ3) is 6.36. The van der Waals surface area contributed by atoms with Gasteiger partial charge in [-0.25, -0.2) is 4.79 Å². The van der Waals surface area contributed by atoms with Crippen LogP contribution >= 0.6 is 0 Å². The van der Waals surface area contributed by atoms with E-state index in [4.69, 9.17) is 4.74 Å². The minimum absolute atomic E-state index is 0.258. The molecule has 0 bridgehead atoms. The number of para-hydroxylation sites is 1. The van der Waals surface area contributed by atoms with Gasteiger partial charge in [0.15, 0.2) is 0 Å². The maximum atomic E-state index is 12.1. The number of hydrogen-bond donors (Lipinski definition) is 2. The second-order valence-corrected chi connectivity index (χ2v) is 6.06. The Labute approximate surface area is 149 Å². The maximum Gasteiger partial charge on any atom is 0.321 e. The number of nitrogens with zero attached hydrogens (tertiary/aromatic N) is 2. The first-order valence-electron chi connectivity index (χ1n) is 8.83. The quantitative estimate of drug-likeness (QED) is 0.766. The molecule has 2 N–H and O–H groups in total. The summed E-state index contributed by atoms with van der Waals surface area (Å²) in [4.78, 5) is 28.0. The summed E-state index contributed by atoms with van der Waals surface area (Å²) in [6.45, 7) is 9.03. The third-order valence-corrected chi connectivity index (χ3v) is 4.33. The van der Waals surface area contributed by atoms with Gasteiger partial charge in [0.2, 0.25) is 5.91 Å². The van der Waals surface area contributed by atoms with E-state index in [-0.39, 0.29) is 11.9 Å². The van der Waals surface area contributed by atoms with Crippen LogP contribution in [0.4, 0.5) is 4.79 Å². The van der Waals surface area contributed by atoms with Gasteiger partial charge in [0.25, 0.3) is 0 Å². The van der Waals surface area contributed by atoms with Crippen LogP contribution in [0.25, 0.3) is 0 Å². The minimum atomic E-state index is -0.434. The topological polar surface area (TPSA) is 73.9 Å². The Bertz CT molecular complexity index is 545. The lowest BCUT2D eigenvalue weighted by molar-refractivity contribution is -0.125. The van der Waals surface area contributed by atoms with Gasteiger partial charge in [-0.05, 0) is 26.0 Å². The van der Waals surface area contributed by atoms with E-state index in [1.807, 2.05) is 44.2 Å². The van der Waals surface area contributed by atoms with Crippen LogP contribution in [0.2, 0.25) is 0 Å². The van der Waals surface area contributed by atoms with Gasteiger partial charge >= 0.3 is 6.03 Å². The van der Waals surface area contributed by atoms with Crippen molar-refractivity contribution < 1.29 is 14.3 Å². The van der Waals surface area contributed by atoms with Crippen LogP contribution in [-0.4, -0.2) is 73.7 Å². The normalized spacial score (nSPS) is 16.9. The lowest BCUT2D eigenvalue weighted by Crippen LogP contribution is -2.55. The Morgan fingerprint density at radius 2 is 1.84 bits per heavy atom. The second kappa shape index (κ2) is 10.0. The molecule has 7 nitrogen and oxygen atoms in total. The first kappa shape index (κ1) is 19.2. The van der Waals surface area contributed by atoms with Gasteiger partial charge in [0.1, 0.15) is 12.4 Å². The molecule has 25 heavy (non-hydrogen) atoms. The van der Waals surface area contributed by atoms with Crippen molar-refractivity contribution in [1.82, 2.24) is 20.4 Å². The number of carbonyl (C=O) groups is 2. The van der Waals surface area contributed by atoms with Gasteiger partial charge in [-0.15, -0.1) is 0 Å². The van der Waals surface area contributed by atoms with Gasteiger partial charge in [0.05, 0.1) is 6.04 Å². The molecule has 1 atom stereocenters. The Kier molecular flexibility index (Phi) is 7.69. The van der Waals surface area contributed by atoms with E-state index >= 15 is 0 Å². The zero-order valence-electron chi connectivity index (χ0n) is 15.0. The highest BCUT2D eigenvalue weighted by Crippen LogP contribution is 2.09. The predicted octanol–water partition coefficient (Wildman–Crippen LogP) is 0.917. The zero-order chi connectivity index (χ0) is 18.1. The average molecular weight is 348 g/mol. The molecular formula is C18H28N4O3. The van der Waals surface area contributed by atoms with Crippen molar-refractivity contribution >= 4 is 11.9 Å². The minimum Gasteiger partial charge on any atom is -0.492 e. The fraction of sp³-hybridized carbons (Fsp3) is 0.556. The number of imide groups is 1. The van der Waals surface area contributed by atoms with Crippen LogP contribution in [0.3, 0.4) is 0 Å². The molecule has 1 fully saturated rings. The first-order valence-corrected chi connectivity index (χ1v) is 8.83. The van der Waals surface area contributed by atoms with Crippen LogP contribution < -0.4 is 15.4 Å². The SMILES string of the molecule is CCNC(=O)NC(=O)C(C)N1CCN(CCOc2ccccc2)CC1. The summed E-state index contributed by atoms with van der Waals surface area (Å²) in [5.41, 5.74) is 0. The van der Waals surface area contributed by atoms with Gasteiger partial charge in [-0.3, -0.25) is 19.9 Å². The Morgan fingerprint density at radius 1 is 1.16 bits per heavy atom. The zero-order valence-corrected chi connectivity index (χ0v) is 15.0. The summed E-state index contributed by atoms with van der Waals surface area (Å²) in [7, 11) is 0. The number of piperazine rings is 1. The van der Waals surface area contributed by atoms with E-state index < -0.39 is 6.03 Å². The lowest BCUT2D eigenvalue weighted by Gasteiger charge is -2.37. The number of nitrogens with one attached hydrogen (secondary N) is 2. The number of amides is 3. The lowest BCUT2D eigenvalue weighted by atomic mass is 10.2. The van der Waals surface area contributed by atoms with E-state index in [2.05, 4.69) is 20.4 Å². The number of carbonyl (C=O) groups excluding carboxylic acids is 2. The molecule has 0 saturated carbocycles. The van der Waals surface area contributed by atoms with E-state index in [1.165, 1.54) is 0 Å². The number of benzene rings is 1. The monoisotopic (exact) mass is 348 g/mol. The van der Waals surface area contributed by atoms with E-state index in [0.717, 1.165) is 38.5 Å². The van der Waals surface area contributed by atoms with Crippen molar-refractivity contribution in [2.24, 2.45) is 0 Å². The smallest absolute Gasteiger partial charge is 0.321 e. The highest BCUT2D eigenvalue weighted by molar-refractivity contribution is 5.96. The van der Waals surface area contributed by atoms with Crippen molar-refractivity contribution in [1.29, 1.82) is 0 Å². The molecule has 2 rings (SSSR count). The molecule has 0 aromatic heterocycles. The van der Waals surface area contributed by atoms with Crippen LogP contribution in [-0.2, 0) is 4.79 Å². The summed E-state index contributed by atoms with van der Waals surface area (Å²) >= 11 is 0. The summed E-state index contributed by atoms with van der Waals surface area (Å²) in [6.07, 6.45) is 0. The van der Waals surface area contributed by atoms with Crippen LogP contribution in [0.5, 0.6) is 5.75 Å². The summed E-state index contributed by atoms with van der Waals surface area (Å²) in [6, 6.07) is 9.04. The fourth-order valence-corrected chi connectivity index (χ4v) is 2.77. The fourth-order valence-electron chi connectivity index (χ4n) is 2.77. The molecule has 1 heterocycles. The van der Waals surface area contributed by atoms with E-state index in [9.17, 15) is 9.59 Å². The highest BCUT2D eigenvalue weighted by Gasteiger charge is 2.26. The molecule has 1 aromatic carbocycles. The molecule has 0 radical (unpaired) electrons. The van der Waals surface area contributed by atoms with Crippen molar-refractivity contribution in [2.45, 2.75) is 19.9 Å². The Balaban J connectivity index is 1.66.